The number of nitrogens with one attached hydrogen (secondary N) is 1. The van der Waals surface area contributed by atoms with Crippen LogP contribution in [0.25, 0.3) is 0 Å². The summed E-state index contributed by atoms with van der Waals surface area (Å²) in [6.45, 7) is 5.30. The van der Waals surface area contributed by atoms with E-state index in [1.54, 1.807) is 18.3 Å². The molecule has 0 spiro atoms. The van der Waals surface area contributed by atoms with Crippen molar-refractivity contribution in [2.75, 3.05) is 0 Å². The minimum absolute atomic E-state index is 0.0437. The van der Waals surface area contributed by atoms with Gasteiger partial charge in [-0.2, -0.15) is 13.2 Å². The van der Waals surface area contributed by atoms with Gasteiger partial charge in [-0.05, 0) is 36.1 Å². The van der Waals surface area contributed by atoms with Crippen LogP contribution in [0.3, 0.4) is 0 Å². The first-order valence-corrected chi connectivity index (χ1v) is 9.70. The van der Waals surface area contributed by atoms with Crippen molar-refractivity contribution in [3.63, 3.8) is 0 Å². The molecule has 2 aromatic carbocycles. The molecular weight excluding hydrogens is 470 g/mol. The Kier molecular flexibility index (Phi) is 5.97. The van der Waals surface area contributed by atoms with Gasteiger partial charge in [0.05, 0.1) is 10.0 Å². The molecule has 1 N–H and O–H groups in total. The molecule has 2 aromatic rings. The third kappa shape index (κ3) is 4.22. The van der Waals surface area contributed by atoms with E-state index in [-0.39, 0.29) is 33.2 Å². The van der Waals surface area contributed by atoms with Crippen LogP contribution in [0.15, 0.2) is 24.3 Å². The number of hydrogen-bond donors (Lipinski definition) is 1. The first-order chi connectivity index (χ1) is 13.8. The van der Waals surface area contributed by atoms with Crippen LogP contribution in [0.5, 0.6) is 17.2 Å². The highest BCUT2D eigenvalue weighted by Crippen LogP contribution is 2.48. The number of hydrogen-bond acceptors (Lipinski definition) is 4. The van der Waals surface area contributed by atoms with Gasteiger partial charge in [-0.1, -0.05) is 48.7 Å². The van der Waals surface area contributed by atoms with Gasteiger partial charge in [-0.15, -0.1) is 0 Å². The lowest BCUT2D eigenvalue weighted by Gasteiger charge is -2.29. The monoisotopic (exact) mass is 483 g/mol. The number of ether oxygens (including phenoxy) is 3. The molecule has 0 fully saturated rings. The van der Waals surface area contributed by atoms with Crippen LogP contribution in [-0.2, 0) is 0 Å². The van der Waals surface area contributed by atoms with Crippen LogP contribution < -0.4 is 19.5 Å². The predicted molar refractivity (Wildman–Crippen MR) is 106 cm³/mol. The summed E-state index contributed by atoms with van der Waals surface area (Å²) in [5.41, 5.74) is 1.12. The fourth-order valence-corrected chi connectivity index (χ4v) is 3.19. The summed E-state index contributed by atoms with van der Waals surface area (Å²) in [4.78, 5) is 12.4. The Morgan fingerprint density at radius 1 is 1.03 bits per heavy atom. The van der Waals surface area contributed by atoms with Crippen LogP contribution >= 0.6 is 34.8 Å². The van der Waals surface area contributed by atoms with Crippen LogP contribution in [-0.4, -0.2) is 18.2 Å². The summed E-state index contributed by atoms with van der Waals surface area (Å²) in [6.07, 6.45) is -6.61. The van der Waals surface area contributed by atoms with Crippen molar-refractivity contribution >= 4 is 40.9 Å². The summed E-state index contributed by atoms with van der Waals surface area (Å²) in [6, 6.07) is 5.16. The molecule has 11 heteroatoms. The Hall–Kier alpha value is -2.03. The molecule has 0 radical (unpaired) electrons. The van der Waals surface area contributed by atoms with Crippen molar-refractivity contribution in [3.8, 4) is 17.2 Å². The van der Waals surface area contributed by atoms with Crippen molar-refractivity contribution in [1.29, 1.82) is 0 Å². The Morgan fingerprint density at radius 3 is 2.03 bits per heavy atom. The van der Waals surface area contributed by atoms with Crippen molar-refractivity contribution in [2.24, 2.45) is 0 Å². The van der Waals surface area contributed by atoms with Gasteiger partial charge in [0.15, 0.2) is 11.5 Å². The van der Waals surface area contributed by atoms with Gasteiger partial charge in [-0.25, -0.2) is 10.1 Å². The number of benzene rings is 2. The normalized spacial score (nSPS) is 14.7. The number of carbonyl (C=O) groups excluding carboxylic acids is 1. The summed E-state index contributed by atoms with van der Waals surface area (Å²) < 4.78 is 56.4. The van der Waals surface area contributed by atoms with Crippen LogP contribution in [0.4, 0.5) is 18.0 Å². The third-order valence-electron chi connectivity index (χ3n) is 4.25. The maximum Gasteiger partial charge on any atom is 0.492 e. The highest BCUT2D eigenvalue weighted by atomic mass is 35.5. The maximum atomic E-state index is 13.8. The second-order valence-electron chi connectivity index (χ2n) is 6.84. The quantitative estimate of drug-likeness (QED) is 0.517. The van der Waals surface area contributed by atoms with Gasteiger partial charge in [0.1, 0.15) is 5.75 Å². The van der Waals surface area contributed by atoms with Gasteiger partial charge < -0.3 is 14.2 Å². The van der Waals surface area contributed by atoms with E-state index in [4.69, 9.17) is 49.0 Å². The van der Waals surface area contributed by atoms with Gasteiger partial charge in [0.2, 0.25) is 0 Å². The van der Waals surface area contributed by atoms with E-state index in [0.29, 0.717) is 16.1 Å². The molecule has 1 heterocycles. The summed E-state index contributed by atoms with van der Waals surface area (Å²) in [7, 11) is 0. The lowest BCUT2D eigenvalue weighted by Crippen LogP contribution is -2.65. The number of amides is 1. The minimum Gasteiger partial charge on any atom is -0.424 e. The zero-order chi connectivity index (χ0) is 22.4. The average molecular weight is 485 g/mol. The lowest BCUT2D eigenvalue weighted by atomic mass is 10.0. The van der Waals surface area contributed by atoms with Gasteiger partial charge >= 0.3 is 18.2 Å². The fourth-order valence-electron chi connectivity index (χ4n) is 2.71. The first kappa shape index (κ1) is 22.7. The Morgan fingerprint density at radius 2 is 1.57 bits per heavy atom. The van der Waals surface area contributed by atoms with Crippen LogP contribution in [0.1, 0.15) is 30.9 Å². The molecule has 3 rings (SSSR count). The molecule has 5 nitrogen and oxygen atoms in total. The van der Waals surface area contributed by atoms with E-state index < -0.39 is 18.2 Å². The molecule has 0 atom stereocenters. The van der Waals surface area contributed by atoms with Gasteiger partial charge in [-0.3, -0.25) is 0 Å². The fraction of sp³-hybridized carbons (Fsp3) is 0.316. The Balaban J connectivity index is 1.90. The third-order valence-corrected chi connectivity index (χ3v) is 5.38. The number of fused-ring (bicyclic) bond motifs is 1. The van der Waals surface area contributed by atoms with Gasteiger partial charge in [0, 0.05) is 17.2 Å². The van der Waals surface area contributed by atoms with E-state index in [9.17, 15) is 18.0 Å². The summed E-state index contributed by atoms with van der Waals surface area (Å²) in [5, 5.41) is 1.96. The van der Waals surface area contributed by atoms with E-state index in [0.717, 1.165) is 12.1 Å². The number of halogens is 6. The Bertz CT molecular complexity index is 980. The standard InChI is InChI=1S/C19H15Cl3F3NO4/c1-8(2)10-5-11(20)9(3)4-14(10)28-17(27)26-19(18(23,24)25)29-15-6-12(21)13(22)7-16(15)30-19/h4-8H,1-3H3,(H,26,27). The second-order valence-corrected chi connectivity index (χ2v) is 8.06. The van der Waals surface area contributed by atoms with E-state index in [1.807, 2.05) is 13.8 Å². The molecule has 0 aliphatic carbocycles. The van der Waals surface area contributed by atoms with Crippen LogP contribution in [0, 0.1) is 6.92 Å². The second kappa shape index (κ2) is 7.90. The van der Waals surface area contributed by atoms with E-state index >= 15 is 0 Å². The molecule has 1 amide bonds. The highest BCUT2D eigenvalue weighted by molar-refractivity contribution is 6.42. The van der Waals surface area contributed by atoms with Crippen molar-refractivity contribution in [3.05, 3.63) is 50.5 Å². The predicted octanol–water partition coefficient (Wildman–Crippen LogP) is 6.85. The SMILES string of the molecule is Cc1cc(OC(=O)NC2(C(F)(F)F)Oc3cc(Cl)c(Cl)cc3O2)c(C(C)C)cc1Cl. The zero-order valence-electron chi connectivity index (χ0n) is 15.8. The number of carbonyl (C=O) groups is 1. The topological polar surface area (TPSA) is 56.8 Å². The average Bonchev–Trinajstić information content (AvgIpc) is 2.95. The van der Waals surface area contributed by atoms with Crippen molar-refractivity contribution in [1.82, 2.24) is 5.32 Å². The lowest BCUT2D eigenvalue weighted by molar-refractivity contribution is -0.318. The molecule has 0 saturated heterocycles. The molecule has 162 valence electrons. The summed E-state index contributed by atoms with van der Waals surface area (Å²) >= 11 is 17.7. The van der Waals surface area contributed by atoms with Crippen LogP contribution in [0.2, 0.25) is 15.1 Å². The molecular formula is C19H15Cl3F3NO4. The largest absolute Gasteiger partial charge is 0.492 e. The summed E-state index contributed by atoms with van der Waals surface area (Å²) in [5.74, 6) is -4.25. The highest BCUT2D eigenvalue weighted by Gasteiger charge is 2.66. The van der Waals surface area contributed by atoms with E-state index in [1.165, 1.54) is 6.07 Å². The molecule has 0 unspecified atom stereocenters. The zero-order valence-corrected chi connectivity index (χ0v) is 18.1. The minimum atomic E-state index is -5.17. The molecule has 0 aromatic heterocycles. The Labute approximate surface area is 184 Å². The molecule has 0 saturated carbocycles. The van der Waals surface area contributed by atoms with Crippen molar-refractivity contribution in [2.45, 2.75) is 38.8 Å². The molecule has 0 bridgehead atoms. The number of aryl methyl sites for hydroxylation is 1. The van der Waals surface area contributed by atoms with Crippen molar-refractivity contribution < 1.29 is 32.2 Å². The first-order valence-electron chi connectivity index (χ1n) is 8.57. The molecule has 1 aliphatic rings. The van der Waals surface area contributed by atoms with E-state index in [2.05, 4.69) is 0 Å². The number of alkyl halides is 3. The molecule has 1 aliphatic heterocycles. The smallest absolute Gasteiger partial charge is 0.424 e. The maximum absolute atomic E-state index is 13.8. The van der Waals surface area contributed by atoms with Gasteiger partial charge in [0.25, 0.3) is 0 Å². The molecule has 30 heavy (non-hydrogen) atoms. The number of rotatable bonds is 3.